The van der Waals surface area contributed by atoms with Gasteiger partial charge in [0.2, 0.25) is 0 Å². The Morgan fingerprint density at radius 3 is 2.06 bits per heavy atom. The third-order valence-electron chi connectivity index (χ3n) is 2.45. The van der Waals surface area contributed by atoms with Crippen LogP contribution in [0.5, 0.6) is 0 Å². The lowest BCUT2D eigenvalue weighted by molar-refractivity contribution is 0.103. The highest BCUT2D eigenvalue weighted by atomic mass is 35.5. The van der Waals surface area contributed by atoms with Crippen LogP contribution >= 0.6 is 23.2 Å². The van der Waals surface area contributed by atoms with Crippen LogP contribution in [0.2, 0.25) is 10.0 Å². The van der Waals surface area contributed by atoms with Crippen molar-refractivity contribution in [2.24, 2.45) is 0 Å². The van der Waals surface area contributed by atoms with Crippen LogP contribution in [-0.4, -0.2) is 5.78 Å². The number of benzene rings is 2. The molecule has 0 atom stereocenters. The van der Waals surface area contributed by atoms with Gasteiger partial charge in [0, 0.05) is 5.56 Å². The summed E-state index contributed by atoms with van der Waals surface area (Å²) in [4.78, 5) is 12.2. The normalized spacial score (nSPS) is 10.3. The number of hydrogen-bond donors (Lipinski definition) is 0. The summed E-state index contributed by atoms with van der Waals surface area (Å²) in [5.74, 6) is -0.152. The number of carbonyl (C=O) groups is 1. The molecule has 0 aliphatic rings. The molecule has 0 aromatic heterocycles. The molecule has 0 radical (unpaired) electrons. The van der Waals surface area contributed by atoms with Crippen LogP contribution in [0.3, 0.4) is 0 Å². The average Bonchev–Trinajstić information content (AvgIpc) is 2.28. The van der Waals surface area contributed by atoms with E-state index in [0.717, 1.165) is 5.56 Å². The maximum atomic E-state index is 12.2. The second kappa shape index (κ2) is 4.91. The fourth-order valence-corrected chi connectivity index (χ4v) is 2.42. The molecule has 0 saturated carbocycles. The fourth-order valence-electron chi connectivity index (χ4n) is 1.65. The van der Waals surface area contributed by atoms with Gasteiger partial charge in [-0.15, -0.1) is 0 Å². The molecule has 86 valence electrons. The van der Waals surface area contributed by atoms with Crippen molar-refractivity contribution in [1.82, 2.24) is 0 Å². The van der Waals surface area contributed by atoms with Gasteiger partial charge in [-0.1, -0.05) is 53.5 Å². The van der Waals surface area contributed by atoms with E-state index < -0.39 is 0 Å². The van der Waals surface area contributed by atoms with Crippen LogP contribution in [0, 0.1) is 6.92 Å². The van der Waals surface area contributed by atoms with Crippen LogP contribution in [-0.2, 0) is 0 Å². The summed E-state index contributed by atoms with van der Waals surface area (Å²) in [6.45, 7) is 1.88. The van der Waals surface area contributed by atoms with Crippen molar-refractivity contribution < 1.29 is 4.79 Å². The number of hydrogen-bond acceptors (Lipinski definition) is 1. The monoisotopic (exact) mass is 264 g/mol. The Morgan fingerprint density at radius 2 is 1.53 bits per heavy atom. The largest absolute Gasteiger partial charge is 0.288 e. The number of aryl methyl sites for hydroxylation is 1. The Morgan fingerprint density at radius 1 is 1.00 bits per heavy atom. The average molecular weight is 265 g/mol. The van der Waals surface area contributed by atoms with Gasteiger partial charge in [-0.2, -0.15) is 0 Å². The molecule has 0 bridgehead atoms. The first-order chi connectivity index (χ1) is 8.09. The molecule has 3 heteroatoms. The van der Waals surface area contributed by atoms with E-state index in [1.165, 1.54) is 0 Å². The first-order valence-electron chi connectivity index (χ1n) is 5.15. The van der Waals surface area contributed by atoms with Crippen molar-refractivity contribution in [1.29, 1.82) is 0 Å². The molecular weight excluding hydrogens is 255 g/mol. The van der Waals surface area contributed by atoms with Crippen molar-refractivity contribution in [2.75, 3.05) is 0 Å². The minimum atomic E-state index is -0.152. The summed E-state index contributed by atoms with van der Waals surface area (Å²) >= 11 is 12.1. The van der Waals surface area contributed by atoms with Crippen LogP contribution in [0.4, 0.5) is 0 Å². The molecule has 0 heterocycles. The molecule has 0 saturated heterocycles. The molecule has 2 rings (SSSR count). The van der Waals surface area contributed by atoms with Crippen molar-refractivity contribution in [3.05, 3.63) is 69.2 Å². The molecule has 0 unspecified atom stereocenters. The highest BCUT2D eigenvalue weighted by Gasteiger charge is 2.16. The molecule has 0 amide bonds. The van der Waals surface area contributed by atoms with Gasteiger partial charge in [0.25, 0.3) is 0 Å². The van der Waals surface area contributed by atoms with E-state index in [4.69, 9.17) is 23.2 Å². The van der Waals surface area contributed by atoms with Crippen molar-refractivity contribution in [3.63, 3.8) is 0 Å². The topological polar surface area (TPSA) is 17.1 Å². The van der Waals surface area contributed by atoms with Gasteiger partial charge in [-0.25, -0.2) is 0 Å². The molecule has 0 aliphatic carbocycles. The minimum absolute atomic E-state index is 0.152. The van der Waals surface area contributed by atoms with E-state index in [9.17, 15) is 4.79 Å². The van der Waals surface area contributed by atoms with Gasteiger partial charge >= 0.3 is 0 Å². The van der Waals surface area contributed by atoms with E-state index in [0.29, 0.717) is 21.2 Å². The molecule has 2 aromatic carbocycles. The third-order valence-corrected chi connectivity index (χ3v) is 3.05. The van der Waals surface area contributed by atoms with Gasteiger partial charge in [0.1, 0.15) is 0 Å². The Bertz CT molecular complexity index is 539. The van der Waals surface area contributed by atoms with Crippen LogP contribution < -0.4 is 0 Å². The summed E-state index contributed by atoms with van der Waals surface area (Å²) in [6, 6.07) is 12.4. The van der Waals surface area contributed by atoms with Crippen molar-refractivity contribution in [2.45, 2.75) is 6.92 Å². The maximum absolute atomic E-state index is 12.2. The molecule has 0 N–H and O–H groups in total. The van der Waals surface area contributed by atoms with E-state index in [1.807, 2.05) is 25.1 Å². The number of rotatable bonds is 2. The molecule has 0 aliphatic heterocycles. The molecular formula is C14H10Cl2O. The Labute approximate surface area is 110 Å². The zero-order valence-electron chi connectivity index (χ0n) is 9.21. The zero-order valence-corrected chi connectivity index (χ0v) is 10.7. The van der Waals surface area contributed by atoms with Crippen molar-refractivity contribution >= 4 is 29.0 Å². The number of halogens is 2. The lowest BCUT2D eigenvalue weighted by Crippen LogP contribution is -2.03. The predicted octanol–water partition coefficient (Wildman–Crippen LogP) is 4.53. The lowest BCUT2D eigenvalue weighted by Gasteiger charge is -2.07. The van der Waals surface area contributed by atoms with E-state index >= 15 is 0 Å². The highest BCUT2D eigenvalue weighted by molar-refractivity contribution is 6.41. The van der Waals surface area contributed by atoms with Gasteiger partial charge in [0.05, 0.1) is 15.6 Å². The summed E-state index contributed by atoms with van der Waals surface area (Å²) < 4.78 is 0. The highest BCUT2D eigenvalue weighted by Crippen LogP contribution is 2.28. The lowest BCUT2D eigenvalue weighted by atomic mass is 10.0. The Kier molecular flexibility index (Phi) is 3.51. The van der Waals surface area contributed by atoms with Gasteiger partial charge in [-0.3, -0.25) is 4.79 Å². The maximum Gasteiger partial charge on any atom is 0.196 e. The molecule has 0 spiro atoms. The Balaban J connectivity index is 2.52. The summed E-state index contributed by atoms with van der Waals surface area (Å²) in [6.07, 6.45) is 0. The molecule has 1 nitrogen and oxygen atoms in total. The Hall–Kier alpha value is -1.31. The smallest absolute Gasteiger partial charge is 0.196 e. The van der Waals surface area contributed by atoms with Gasteiger partial charge in [0.15, 0.2) is 5.78 Å². The van der Waals surface area contributed by atoms with E-state index in [-0.39, 0.29) is 5.78 Å². The van der Waals surface area contributed by atoms with Crippen LogP contribution in [0.25, 0.3) is 0 Å². The fraction of sp³-hybridized carbons (Fsp3) is 0.0714. The van der Waals surface area contributed by atoms with E-state index in [2.05, 4.69) is 0 Å². The SMILES string of the molecule is Cc1cc(Cl)c(C(=O)c2ccccc2)c(Cl)c1. The van der Waals surface area contributed by atoms with Gasteiger partial charge in [-0.05, 0) is 24.6 Å². The first-order valence-corrected chi connectivity index (χ1v) is 5.90. The standard InChI is InChI=1S/C14H10Cl2O/c1-9-7-11(15)13(12(16)8-9)14(17)10-5-3-2-4-6-10/h2-8H,1H3. The molecule has 0 fully saturated rings. The summed E-state index contributed by atoms with van der Waals surface area (Å²) in [5, 5.41) is 0.785. The quantitative estimate of drug-likeness (QED) is 0.729. The summed E-state index contributed by atoms with van der Waals surface area (Å²) in [5.41, 5.74) is 1.88. The number of carbonyl (C=O) groups excluding carboxylic acids is 1. The van der Waals surface area contributed by atoms with Gasteiger partial charge < -0.3 is 0 Å². The molecule has 17 heavy (non-hydrogen) atoms. The summed E-state index contributed by atoms with van der Waals surface area (Å²) in [7, 11) is 0. The second-order valence-corrected chi connectivity index (χ2v) is 4.61. The predicted molar refractivity (Wildman–Crippen MR) is 71.1 cm³/mol. The van der Waals surface area contributed by atoms with Crippen LogP contribution in [0.1, 0.15) is 21.5 Å². The second-order valence-electron chi connectivity index (χ2n) is 3.80. The zero-order chi connectivity index (χ0) is 12.4. The first kappa shape index (κ1) is 12.2. The third kappa shape index (κ3) is 2.51. The number of ketones is 1. The minimum Gasteiger partial charge on any atom is -0.288 e. The molecule has 2 aromatic rings. The van der Waals surface area contributed by atoms with E-state index in [1.54, 1.807) is 24.3 Å². The van der Waals surface area contributed by atoms with Crippen LogP contribution in [0.15, 0.2) is 42.5 Å². The van der Waals surface area contributed by atoms with Crippen molar-refractivity contribution in [3.8, 4) is 0 Å².